The number of amidine groups is 1. The van der Waals surface area contributed by atoms with E-state index >= 15 is 0 Å². The predicted molar refractivity (Wildman–Crippen MR) is 87.6 cm³/mol. The van der Waals surface area contributed by atoms with Gasteiger partial charge >= 0.3 is 5.65 Å². The van der Waals surface area contributed by atoms with Gasteiger partial charge in [-0.3, -0.25) is 5.41 Å². The Morgan fingerprint density at radius 3 is 2.95 bits per heavy atom. The summed E-state index contributed by atoms with van der Waals surface area (Å²) >= 11 is 1.75. The molecule has 0 spiro atoms. The van der Waals surface area contributed by atoms with Crippen molar-refractivity contribution in [2.24, 2.45) is 7.05 Å². The number of thiophene rings is 1. The third-order valence-electron chi connectivity index (χ3n) is 4.37. The van der Waals surface area contributed by atoms with Gasteiger partial charge in [-0.1, -0.05) is 0 Å². The molecule has 1 aliphatic heterocycles. The van der Waals surface area contributed by atoms with E-state index in [4.69, 9.17) is 5.41 Å². The Bertz CT molecular complexity index is 819. The molecule has 4 rings (SSSR count). The topological polar surface area (TPSA) is 40.3 Å². The Hall–Kier alpha value is -2.08. The number of rotatable bonds is 3. The van der Waals surface area contributed by atoms with Crippen LogP contribution in [0.3, 0.4) is 0 Å². The van der Waals surface area contributed by atoms with Crippen LogP contribution < -0.4 is 4.57 Å². The van der Waals surface area contributed by atoms with Crippen molar-refractivity contribution >= 4 is 22.8 Å². The summed E-state index contributed by atoms with van der Waals surface area (Å²) in [6.07, 6.45) is 8.68. The fraction of sp³-hybridized carbons (Fsp3) is 0.375. The first-order chi connectivity index (χ1) is 10.7. The summed E-state index contributed by atoms with van der Waals surface area (Å²) in [7, 11) is 2.04. The zero-order valence-electron chi connectivity index (χ0n) is 12.7. The van der Waals surface area contributed by atoms with E-state index in [9.17, 15) is 0 Å². The van der Waals surface area contributed by atoms with Crippen LogP contribution in [-0.4, -0.2) is 33.0 Å². The van der Waals surface area contributed by atoms with Gasteiger partial charge < -0.3 is 4.90 Å². The highest BCUT2D eigenvalue weighted by molar-refractivity contribution is 7.10. The first kappa shape index (κ1) is 13.6. The van der Waals surface area contributed by atoms with Crippen molar-refractivity contribution in [3.63, 3.8) is 0 Å². The summed E-state index contributed by atoms with van der Waals surface area (Å²) in [4.78, 5) is 3.48. The lowest BCUT2D eigenvalue weighted by atomic mass is 10.2. The maximum Gasteiger partial charge on any atom is 0.307 e. The minimum absolute atomic E-state index is 0.687. The van der Waals surface area contributed by atoms with Crippen molar-refractivity contribution in [1.29, 1.82) is 5.41 Å². The second-order valence-electron chi connectivity index (χ2n) is 5.86. The zero-order valence-corrected chi connectivity index (χ0v) is 13.5. The molecule has 1 fully saturated rings. The van der Waals surface area contributed by atoms with Crippen LogP contribution in [0.15, 0.2) is 36.1 Å². The van der Waals surface area contributed by atoms with Gasteiger partial charge in [0.2, 0.25) is 0 Å². The third-order valence-corrected chi connectivity index (χ3v) is 5.29. The van der Waals surface area contributed by atoms with E-state index in [-0.39, 0.29) is 0 Å². The van der Waals surface area contributed by atoms with Crippen LogP contribution in [0.1, 0.15) is 23.3 Å². The summed E-state index contributed by atoms with van der Waals surface area (Å²) in [6, 6.07) is 4.30. The summed E-state index contributed by atoms with van der Waals surface area (Å²) < 4.78 is 6.44. The SMILES string of the molecule is Cn1ccc2n1cc[n+]2Cc1cc(C(=N)N2CCCC2)cs1. The van der Waals surface area contributed by atoms with Crippen LogP contribution in [0.2, 0.25) is 0 Å². The van der Waals surface area contributed by atoms with Crippen molar-refractivity contribution in [3.8, 4) is 0 Å². The molecule has 0 unspecified atom stereocenters. The van der Waals surface area contributed by atoms with Gasteiger partial charge in [0.15, 0.2) is 6.20 Å². The lowest BCUT2D eigenvalue weighted by Crippen LogP contribution is -2.32. The van der Waals surface area contributed by atoms with Gasteiger partial charge in [0, 0.05) is 48.2 Å². The minimum atomic E-state index is 0.687. The van der Waals surface area contributed by atoms with Crippen molar-refractivity contribution in [3.05, 3.63) is 46.5 Å². The molecule has 4 heterocycles. The number of imidazole rings is 1. The number of aromatic nitrogens is 3. The maximum atomic E-state index is 8.34. The van der Waals surface area contributed by atoms with Crippen LogP contribution in [0, 0.1) is 5.41 Å². The molecule has 0 radical (unpaired) electrons. The largest absolute Gasteiger partial charge is 0.357 e. The van der Waals surface area contributed by atoms with Crippen molar-refractivity contribution in [2.45, 2.75) is 19.4 Å². The normalized spacial score (nSPS) is 15.0. The van der Waals surface area contributed by atoms with E-state index in [0.29, 0.717) is 5.84 Å². The van der Waals surface area contributed by atoms with E-state index in [1.54, 1.807) is 11.3 Å². The van der Waals surface area contributed by atoms with Gasteiger partial charge in [0.05, 0.1) is 0 Å². The van der Waals surface area contributed by atoms with Crippen LogP contribution in [0.5, 0.6) is 0 Å². The smallest absolute Gasteiger partial charge is 0.307 e. The standard InChI is InChI=1S/C16H20N5S/c1-18-7-4-15-20(8-9-21(15)18)11-14-10-13(12-22-14)16(17)19-5-2-3-6-19/h4,7-10,12,17H,2-3,5-6,11H2,1H3/q+1. The van der Waals surface area contributed by atoms with Gasteiger partial charge in [0.25, 0.3) is 0 Å². The first-order valence-electron chi connectivity index (χ1n) is 7.66. The second kappa shape index (κ2) is 5.28. The molecule has 0 bridgehead atoms. The van der Waals surface area contributed by atoms with Gasteiger partial charge in [-0.15, -0.1) is 15.9 Å². The van der Waals surface area contributed by atoms with Crippen molar-refractivity contribution in [1.82, 2.24) is 14.1 Å². The molecular formula is C16H20N5S+. The quantitative estimate of drug-likeness (QED) is 0.449. The Balaban J connectivity index is 1.55. The molecule has 1 saturated heterocycles. The molecule has 3 aromatic heterocycles. The van der Waals surface area contributed by atoms with E-state index < -0.39 is 0 Å². The monoisotopic (exact) mass is 314 g/mol. The molecule has 3 aromatic rings. The molecule has 1 N–H and O–H groups in total. The van der Waals surface area contributed by atoms with Crippen LogP contribution in [-0.2, 0) is 13.6 Å². The highest BCUT2D eigenvalue weighted by Gasteiger charge is 2.18. The summed E-state index contributed by atoms with van der Waals surface area (Å²) in [5.41, 5.74) is 2.25. The number of nitrogens with one attached hydrogen (secondary N) is 1. The third kappa shape index (κ3) is 2.23. The molecule has 0 saturated carbocycles. The average molecular weight is 314 g/mol. The zero-order chi connectivity index (χ0) is 15.1. The molecule has 0 amide bonds. The van der Waals surface area contributed by atoms with E-state index in [0.717, 1.165) is 25.2 Å². The van der Waals surface area contributed by atoms with Gasteiger partial charge in [-0.05, 0) is 18.9 Å². The fourth-order valence-corrected chi connectivity index (χ4v) is 3.99. The van der Waals surface area contributed by atoms with Gasteiger partial charge in [0.1, 0.15) is 18.6 Å². The molecule has 22 heavy (non-hydrogen) atoms. The van der Waals surface area contributed by atoms with E-state index in [1.807, 2.05) is 7.05 Å². The number of nitrogens with zero attached hydrogens (tertiary/aromatic N) is 4. The Kier molecular flexibility index (Phi) is 3.26. The predicted octanol–water partition coefficient (Wildman–Crippen LogP) is 2.10. The number of fused-ring (bicyclic) bond motifs is 1. The maximum absolute atomic E-state index is 8.34. The number of hydrogen-bond donors (Lipinski definition) is 1. The Labute approximate surface area is 133 Å². The molecule has 114 valence electrons. The molecule has 1 aliphatic rings. The number of aryl methyl sites for hydroxylation is 1. The second-order valence-corrected chi connectivity index (χ2v) is 6.86. The molecule has 5 nitrogen and oxygen atoms in total. The lowest BCUT2D eigenvalue weighted by Gasteiger charge is -2.16. The lowest BCUT2D eigenvalue weighted by molar-refractivity contribution is -0.661. The van der Waals surface area contributed by atoms with Gasteiger partial charge in [-0.25, -0.2) is 9.25 Å². The number of hydrogen-bond acceptors (Lipinski definition) is 2. The highest BCUT2D eigenvalue weighted by Crippen LogP contribution is 2.19. The number of likely N-dealkylation sites (tertiary alicyclic amines) is 1. The minimum Gasteiger partial charge on any atom is -0.357 e. The Morgan fingerprint density at radius 1 is 1.32 bits per heavy atom. The van der Waals surface area contributed by atoms with E-state index in [2.05, 4.69) is 54.8 Å². The fourth-order valence-electron chi connectivity index (χ4n) is 3.13. The van der Waals surface area contributed by atoms with Crippen molar-refractivity contribution in [2.75, 3.05) is 13.1 Å². The molecular weight excluding hydrogens is 294 g/mol. The molecule has 6 heteroatoms. The Morgan fingerprint density at radius 2 is 2.14 bits per heavy atom. The molecule has 0 aliphatic carbocycles. The summed E-state index contributed by atoms with van der Waals surface area (Å²) in [6.45, 7) is 2.92. The van der Waals surface area contributed by atoms with Crippen molar-refractivity contribution < 1.29 is 4.57 Å². The van der Waals surface area contributed by atoms with Crippen LogP contribution in [0.25, 0.3) is 5.65 Å². The molecule has 0 atom stereocenters. The van der Waals surface area contributed by atoms with E-state index in [1.165, 1.54) is 23.4 Å². The van der Waals surface area contributed by atoms with Crippen LogP contribution in [0.4, 0.5) is 0 Å². The molecule has 0 aromatic carbocycles. The van der Waals surface area contributed by atoms with Gasteiger partial charge in [-0.2, -0.15) is 0 Å². The summed E-state index contributed by atoms with van der Waals surface area (Å²) in [5.74, 6) is 0.687. The first-order valence-corrected chi connectivity index (χ1v) is 8.54. The van der Waals surface area contributed by atoms with Crippen LogP contribution >= 0.6 is 11.3 Å². The summed E-state index contributed by atoms with van der Waals surface area (Å²) in [5, 5.41) is 10.5. The highest BCUT2D eigenvalue weighted by atomic mass is 32.1. The average Bonchev–Trinajstić information content (AvgIpc) is 3.27.